The second-order valence-corrected chi connectivity index (χ2v) is 6.16. The molecular weight excluding hydrogens is 368 g/mol. The fourth-order valence-electron chi connectivity index (χ4n) is 2.57. The highest BCUT2D eigenvalue weighted by molar-refractivity contribution is 5.99. The SMILES string of the molecule is CCOc1ccc(C(=O)NNC(=O)c2ccc(OCc3ccccc3)cc2)cc1. The summed E-state index contributed by atoms with van der Waals surface area (Å²) in [5.41, 5.74) is 6.69. The molecule has 0 saturated heterocycles. The number of amides is 2. The maximum atomic E-state index is 12.2. The van der Waals surface area contributed by atoms with Gasteiger partial charge in [0.05, 0.1) is 6.61 Å². The van der Waals surface area contributed by atoms with E-state index < -0.39 is 11.8 Å². The van der Waals surface area contributed by atoms with Crippen molar-refractivity contribution in [3.8, 4) is 11.5 Å². The fourth-order valence-corrected chi connectivity index (χ4v) is 2.57. The first-order valence-electron chi connectivity index (χ1n) is 9.26. The molecule has 6 nitrogen and oxygen atoms in total. The van der Waals surface area contributed by atoms with Crippen LogP contribution in [0.3, 0.4) is 0 Å². The van der Waals surface area contributed by atoms with Gasteiger partial charge in [0.2, 0.25) is 0 Å². The Bertz CT molecular complexity index is 939. The molecule has 2 N–H and O–H groups in total. The molecule has 0 radical (unpaired) electrons. The number of benzene rings is 3. The van der Waals surface area contributed by atoms with Gasteiger partial charge in [-0.1, -0.05) is 30.3 Å². The summed E-state index contributed by atoms with van der Waals surface area (Å²) in [5.74, 6) is 0.509. The van der Waals surface area contributed by atoms with Crippen LogP contribution in [0.5, 0.6) is 11.5 Å². The molecule has 0 bridgehead atoms. The third-order valence-corrected chi connectivity index (χ3v) is 4.08. The molecule has 3 aromatic rings. The highest BCUT2D eigenvalue weighted by Crippen LogP contribution is 2.14. The predicted octanol–water partition coefficient (Wildman–Crippen LogP) is 3.74. The Hall–Kier alpha value is -3.80. The van der Waals surface area contributed by atoms with E-state index >= 15 is 0 Å². The van der Waals surface area contributed by atoms with Gasteiger partial charge in [-0.05, 0) is 61.0 Å². The maximum Gasteiger partial charge on any atom is 0.269 e. The van der Waals surface area contributed by atoms with E-state index in [1.165, 1.54) is 0 Å². The van der Waals surface area contributed by atoms with Gasteiger partial charge in [0, 0.05) is 11.1 Å². The lowest BCUT2D eigenvalue weighted by atomic mass is 10.2. The maximum absolute atomic E-state index is 12.2. The van der Waals surface area contributed by atoms with Gasteiger partial charge in [-0.2, -0.15) is 0 Å². The summed E-state index contributed by atoms with van der Waals surface area (Å²) in [7, 11) is 0. The zero-order valence-electron chi connectivity index (χ0n) is 16.1. The molecule has 0 spiro atoms. The Balaban J connectivity index is 1.49. The van der Waals surface area contributed by atoms with E-state index in [1.54, 1.807) is 48.5 Å². The van der Waals surface area contributed by atoms with Gasteiger partial charge in [0.15, 0.2) is 0 Å². The summed E-state index contributed by atoms with van der Waals surface area (Å²) in [6.45, 7) is 2.89. The number of carbonyl (C=O) groups is 2. The van der Waals surface area contributed by atoms with Crippen LogP contribution in [0.4, 0.5) is 0 Å². The van der Waals surface area contributed by atoms with Crippen molar-refractivity contribution in [3.05, 3.63) is 95.6 Å². The molecule has 0 heterocycles. The van der Waals surface area contributed by atoms with Crippen molar-refractivity contribution in [1.29, 1.82) is 0 Å². The Morgan fingerprint density at radius 3 is 1.66 bits per heavy atom. The first kappa shape index (κ1) is 19.9. The van der Waals surface area contributed by atoms with E-state index in [0.29, 0.717) is 35.8 Å². The molecule has 0 aliphatic rings. The minimum atomic E-state index is -0.418. The first-order valence-corrected chi connectivity index (χ1v) is 9.26. The highest BCUT2D eigenvalue weighted by atomic mass is 16.5. The van der Waals surface area contributed by atoms with Gasteiger partial charge >= 0.3 is 0 Å². The molecule has 6 heteroatoms. The topological polar surface area (TPSA) is 76.7 Å². The van der Waals surface area contributed by atoms with Crippen LogP contribution in [-0.4, -0.2) is 18.4 Å². The van der Waals surface area contributed by atoms with Crippen LogP contribution in [0, 0.1) is 0 Å². The average Bonchev–Trinajstić information content (AvgIpc) is 2.77. The predicted molar refractivity (Wildman–Crippen MR) is 110 cm³/mol. The molecule has 0 fully saturated rings. The molecule has 29 heavy (non-hydrogen) atoms. The monoisotopic (exact) mass is 390 g/mol. The second kappa shape index (κ2) is 9.94. The Kier molecular flexibility index (Phi) is 6.84. The molecule has 0 aromatic heterocycles. The van der Waals surface area contributed by atoms with E-state index in [2.05, 4.69) is 10.9 Å². The van der Waals surface area contributed by atoms with Crippen molar-refractivity contribution < 1.29 is 19.1 Å². The molecular formula is C23H22N2O4. The van der Waals surface area contributed by atoms with E-state index in [9.17, 15) is 9.59 Å². The van der Waals surface area contributed by atoms with E-state index in [0.717, 1.165) is 5.56 Å². The third-order valence-electron chi connectivity index (χ3n) is 4.08. The van der Waals surface area contributed by atoms with E-state index in [1.807, 2.05) is 37.3 Å². The summed E-state index contributed by atoms with van der Waals surface area (Å²) in [4.78, 5) is 24.4. The summed E-state index contributed by atoms with van der Waals surface area (Å²) in [6.07, 6.45) is 0. The molecule has 0 saturated carbocycles. The summed E-state index contributed by atoms with van der Waals surface area (Å²) in [5, 5.41) is 0. The zero-order valence-corrected chi connectivity index (χ0v) is 16.1. The average molecular weight is 390 g/mol. The lowest BCUT2D eigenvalue weighted by Crippen LogP contribution is -2.41. The molecule has 3 aromatic carbocycles. The molecule has 0 atom stereocenters. The quantitative estimate of drug-likeness (QED) is 0.603. The standard InChI is InChI=1S/C23H22N2O4/c1-2-28-20-12-8-18(9-13-20)22(26)24-25-23(27)19-10-14-21(15-11-19)29-16-17-6-4-3-5-7-17/h3-15H,2,16H2,1H3,(H,24,26)(H,25,27). The molecule has 0 aliphatic carbocycles. The van der Waals surface area contributed by atoms with Gasteiger partial charge in [-0.15, -0.1) is 0 Å². The molecule has 148 valence electrons. The van der Waals surface area contributed by atoms with E-state index in [-0.39, 0.29) is 0 Å². The number of hydrazine groups is 1. The Labute approximate surface area is 169 Å². The fraction of sp³-hybridized carbons (Fsp3) is 0.130. The Morgan fingerprint density at radius 2 is 1.17 bits per heavy atom. The number of nitrogens with one attached hydrogen (secondary N) is 2. The van der Waals surface area contributed by atoms with Crippen LogP contribution in [-0.2, 0) is 6.61 Å². The largest absolute Gasteiger partial charge is 0.494 e. The number of hydrogen-bond acceptors (Lipinski definition) is 4. The molecule has 2 amide bonds. The second-order valence-electron chi connectivity index (χ2n) is 6.16. The van der Waals surface area contributed by atoms with Crippen LogP contribution in [0.25, 0.3) is 0 Å². The van der Waals surface area contributed by atoms with Crippen LogP contribution >= 0.6 is 0 Å². The number of ether oxygens (including phenoxy) is 2. The smallest absolute Gasteiger partial charge is 0.269 e. The lowest BCUT2D eigenvalue weighted by molar-refractivity contribution is 0.0846. The third kappa shape index (κ3) is 5.84. The molecule has 0 unspecified atom stereocenters. The number of hydrogen-bond donors (Lipinski definition) is 2. The minimum Gasteiger partial charge on any atom is -0.494 e. The van der Waals surface area contributed by atoms with Crippen molar-refractivity contribution in [2.75, 3.05) is 6.61 Å². The Morgan fingerprint density at radius 1 is 0.690 bits per heavy atom. The van der Waals surface area contributed by atoms with Crippen molar-refractivity contribution in [3.63, 3.8) is 0 Å². The van der Waals surface area contributed by atoms with Crippen LogP contribution in [0.2, 0.25) is 0 Å². The van der Waals surface area contributed by atoms with Crippen molar-refractivity contribution in [2.45, 2.75) is 13.5 Å². The van der Waals surface area contributed by atoms with Crippen molar-refractivity contribution >= 4 is 11.8 Å². The summed E-state index contributed by atoms with van der Waals surface area (Å²) < 4.78 is 11.0. The molecule has 0 aliphatic heterocycles. The van der Waals surface area contributed by atoms with E-state index in [4.69, 9.17) is 9.47 Å². The van der Waals surface area contributed by atoms with Gasteiger partial charge in [-0.25, -0.2) is 0 Å². The van der Waals surface area contributed by atoms with Gasteiger partial charge in [-0.3, -0.25) is 20.4 Å². The van der Waals surface area contributed by atoms with Crippen molar-refractivity contribution in [2.24, 2.45) is 0 Å². The van der Waals surface area contributed by atoms with Crippen LogP contribution in [0.15, 0.2) is 78.9 Å². The van der Waals surface area contributed by atoms with Crippen LogP contribution < -0.4 is 20.3 Å². The normalized spacial score (nSPS) is 10.1. The summed E-state index contributed by atoms with van der Waals surface area (Å²) >= 11 is 0. The van der Waals surface area contributed by atoms with Gasteiger partial charge in [0.25, 0.3) is 11.8 Å². The zero-order chi connectivity index (χ0) is 20.5. The highest BCUT2D eigenvalue weighted by Gasteiger charge is 2.09. The number of carbonyl (C=O) groups excluding carboxylic acids is 2. The summed E-state index contributed by atoms with van der Waals surface area (Å²) in [6, 6.07) is 23.2. The van der Waals surface area contributed by atoms with Crippen LogP contribution in [0.1, 0.15) is 33.2 Å². The number of rotatable bonds is 7. The van der Waals surface area contributed by atoms with Crippen molar-refractivity contribution in [1.82, 2.24) is 10.9 Å². The first-order chi connectivity index (χ1) is 14.2. The minimum absolute atomic E-state index is 0.407. The lowest BCUT2D eigenvalue weighted by Gasteiger charge is -2.09. The van der Waals surface area contributed by atoms with Gasteiger partial charge < -0.3 is 9.47 Å². The van der Waals surface area contributed by atoms with Gasteiger partial charge in [0.1, 0.15) is 18.1 Å². The molecule has 3 rings (SSSR count).